The van der Waals surface area contributed by atoms with Crippen LogP contribution in [0.15, 0.2) is 322 Å². The second-order valence-corrected chi connectivity index (χ2v) is 22.2. The zero-order valence-corrected chi connectivity index (χ0v) is 49.2. The molecule has 8 heteroatoms. The molecule has 0 spiro atoms. The van der Waals surface area contributed by atoms with Gasteiger partial charge >= 0.3 is 0 Å². The predicted molar refractivity (Wildman–Crippen MR) is 344 cm³/mol. The summed E-state index contributed by atoms with van der Waals surface area (Å²) in [6.07, 6.45) is -3.97. The largest absolute Gasteiger partial charge is 0.374 e. The second-order valence-electron chi connectivity index (χ2n) is 22.2. The first-order valence-corrected chi connectivity index (χ1v) is 30.2. The summed E-state index contributed by atoms with van der Waals surface area (Å²) >= 11 is 0. The summed E-state index contributed by atoms with van der Waals surface area (Å²) in [6, 6.07) is 108. The molecule has 1 N–H and O–H groups in total. The zero-order valence-electron chi connectivity index (χ0n) is 49.2. The van der Waals surface area contributed by atoms with Crippen molar-refractivity contribution in [3.8, 4) is 0 Å². The van der Waals surface area contributed by atoms with E-state index in [0.29, 0.717) is 11.1 Å². The van der Waals surface area contributed by atoms with Gasteiger partial charge in [-0.3, -0.25) is 0 Å². The van der Waals surface area contributed by atoms with Gasteiger partial charge in [0.1, 0.15) is 35.6 Å². The highest BCUT2D eigenvalue weighted by atomic mass is 16.7. The Morgan fingerprint density at radius 1 is 0.318 bits per heavy atom. The van der Waals surface area contributed by atoms with Gasteiger partial charge in [0.05, 0.1) is 46.2 Å². The van der Waals surface area contributed by atoms with Crippen LogP contribution in [0.3, 0.4) is 0 Å². The van der Waals surface area contributed by atoms with Crippen LogP contribution in [-0.4, -0.2) is 36.1 Å². The molecule has 1 unspecified atom stereocenters. The summed E-state index contributed by atoms with van der Waals surface area (Å²) in [5.41, 5.74) is 9.04. The third kappa shape index (κ3) is 13.5. The minimum absolute atomic E-state index is 0.00708. The fourth-order valence-corrected chi connectivity index (χ4v) is 12.2. The average Bonchev–Trinajstić information content (AvgIpc) is 1.21. The van der Waals surface area contributed by atoms with Gasteiger partial charge in [-0.1, -0.05) is 315 Å². The summed E-state index contributed by atoms with van der Waals surface area (Å²) < 4.78 is 51.2. The first kappa shape index (κ1) is 59.4. The maximum absolute atomic E-state index is 14.8. The summed E-state index contributed by atoms with van der Waals surface area (Å²) in [6.45, 7) is 0.893. The van der Waals surface area contributed by atoms with Crippen LogP contribution in [0.4, 0.5) is 0 Å². The van der Waals surface area contributed by atoms with Gasteiger partial charge in [0.25, 0.3) is 0 Å². The Morgan fingerprint density at radius 3 is 1.01 bits per heavy atom. The molecule has 0 amide bonds. The minimum atomic E-state index is -2.29. The number of rotatable bonds is 26. The lowest BCUT2D eigenvalue weighted by Gasteiger charge is -2.51. The van der Waals surface area contributed by atoms with E-state index in [9.17, 15) is 5.11 Å². The van der Waals surface area contributed by atoms with Crippen molar-refractivity contribution in [3.63, 3.8) is 0 Å². The van der Waals surface area contributed by atoms with E-state index in [0.717, 1.165) is 61.2 Å². The number of benzene rings is 11. The van der Waals surface area contributed by atoms with Gasteiger partial charge < -0.3 is 38.3 Å². The van der Waals surface area contributed by atoms with E-state index in [1.807, 2.05) is 243 Å². The minimum Gasteiger partial charge on any atom is -0.374 e. The summed E-state index contributed by atoms with van der Waals surface area (Å²) in [5.74, 6) is -2.29. The lowest BCUT2D eigenvalue weighted by Crippen LogP contribution is -2.66. The number of hydrogen-bond acceptors (Lipinski definition) is 8. The van der Waals surface area contributed by atoms with Gasteiger partial charge in [-0.05, 0) is 72.8 Å². The fraction of sp³-hybridized carbons (Fsp3) is 0.175. The summed E-state index contributed by atoms with van der Waals surface area (Å²) in [7, 11) is 0. The lowest BCUT2D eigenvalue weighted by molar-refractivity contribution is -0.379. The highest BCUT2D eigenvalue weighted by molar-refractivity contribution is 5.50. The second kappa shape index (κ2) is 28.7. The molecule has 0 aliphatic carbocycles. The third-order valence-corrected chi connectivity index (χ3v) is 16.5. The van der Waals surface area contributed by atoms with Crippen molar-refractivity contribution in [2.45, 2.75) is 81.0 Å². The third-order valence-electron chi connectivity index (χ3n) is 16.5. The van der Waals surface area contributed by atoms with Gasteiger partial charge in [-0.25, -0.2) is 0 Å². The van der Waals surface area contributed by atoms with E-state index < -0.39 is 41.4 Å². The molecule has 0 radical (unpaired) electrons. The van der Waals surface area contributed by atoms with E-state index in [4.69, 9.17) is 33.2 Å². The predicted octanol–water partition coefficient (Wildman–Crippen LogP) is 16.2. The van der Waals surface area contributed by atoms with Gasteiger partial charge in [0, 0.05) is 5.56 Å². The van der Waals surface area contributed by atoms with E-state index in [2.05, 4.69) is 78.9 Å². The van der Waals surface area contributed by atoms with E-state index in [1.54, 1.807) is 0 Å². The lowest BCUT2D eigenvalue weighted by atomic mass is 9.79. The molecule has 1 heterocycles. The number of hydrogen-bond donors (Lipinski definition) is 1. The van der Waals surface area contributed by atoms with Gasteiger partial charge in [-0.2, -0.15) is 0 Å². The molecule has 5 atom stereocenters. The van der Waals surface area contributed by atoms with E-state index in [-0.39, 0.29) is 46.2 Å². The first-order valence-electron chi connectivity index (χ1n) is 30.2. The molecule has 88 heavy (non-hydrogen) atoms. The van der Waals surface area contributed by atoms with Crippen molar-refractivity contribution in [1.82, 2.24) is 0 Å². The van der Waals surface area contributed by atoms with Crippen LogP contribution >= 0.6 is 0 Å². The van der Waals surface area contributed by atoms with Crippen LogP contribution in [0.1, 0.15) is 72.3 Å². The molecule has 440 valence electrons. The van der Waals surface area contributed by atoms with Gasteiger partial charge in [0.15, 0.2) is 0 Å². The fourth-order valence-electron chi connectivity index (χ4n) is 12.2. The highest BCUT2D eigenvalue weighted by Crippen LogP contribution is 2.47. The van der Waals surface area contributed by atoms with Gasteiger partial charge in [-0.15, -0.1) is 0 Å². The van der Waals surface area contributed by atoms with Crippen molar-refractivity contribution in [3.05, 3.63) is 394 Å². The maximum Gasteiger partial charge on any atom is 0.223 e. The number of ether oxygens (including phenoxy) is 7. The van der Waals surface area contributed by atoms with Crippen molar-refractivity contribution < 1.29 is 38.3 Å². The Labute approximate surface area is 517 Å². The SMILES string of the molecule is OC1(c2cc(COC(c3ccccc3)(c3ccccc3)c3ccccc3)ccc2COC(c2ccccc2)(c2ccccc2)c2ccccc2)O[C@H](COCc2ccccc2)[C@@H](OCc2ccccc2)[C@H](OCc2ccccc2)[C@H]1OCc1ccccc1. The quantitative estimate of drug-likeness (QED) is 0.0537. The van der Waals surface area contributed by atoms with Crippen molar-refractivity contribution in [2.75, 3.05) is 6.61 Å². The Kier molecular flexibility index (Phi) is 19.4. The van der Waals surface area contributed by atoms with Crippen molar-refractivity contribution in [2.24, 2.45) is 0 Å². The maximum atomic E-state index is 14.8. The normalized spacial score (nSPS) is 17.7. The van der Waals surface area contributed by atoms with Crippen LogP contribution in [0.25, 0.3) is 0 Å². The molecule has 1 aliphatic rings. The monoisotopic (exact) mass is 1160 g/mol. The Balaban J connectivity index is 1.05. The first-order chi connectivity index (χ1) is 43.5. The average molecular weight is 1160 g/mol. The molecule has 0 aromatic heterocycles. The standard InChI is InChI=1S/C80H72O8/c81-80(77(85-57-64-37-17-4-18-38-64)76(84-56-63-35-15-3-16-36-63)75(83-55-62-33-13-2-14-34-62)74(88-80)60-82-54-61-31-11-1-12-32-61)73-53-65(58-86-78(67-39-19-5-20-40-67,68-41-21-6-22-42-68)69-43-23-7-24-44-69)51-52-66(73)59-87-79(70-45-25-8-26-46-70,71-47-27-9-28-48-71)72-49-29-10-30-50-72/h1-53,74-77,81H,54-60H2/t74-,75-,76+,77-,80?/m1/s1. The van der Waals surface area contributed by atoms with Crippen LogP contribution in [-0.2, 0) is 89.8 Å². The van der Waals surface area contributed by atoms with Gasteiger partial charge in [0.2, 0.25) is 5.79 Å². The topological polar surface area (TPSA) is 84.8 Å². The van der Waals surface area contributed by atoms with Crippen LogP contribution in [0.2, 0.25) is 0 Å². The molecule has 11 aromatic carbocycles. The van der Waals surface area contributed by atoms with Crippen LogP contribution < -0.4 is 0 Å². The molecule has 1 aliphatic heterocycles. The Morgan fingerprint density at radius 2 is 0.636 bits per heavy atom. The molecule has 0 bridgehead atoms. The molecule has 12 rings (SSSR count). The molecular formula is C80H72O8. The number of aliphatic hydroxyl groups is 1. The zero-order chi connectivity index (χ0) is 59.7. The van der Waals surface area contributed by atoms with Crippen LogP contribution in [0.5, 0.6) is 0 Å². The summed E-state index contributed by atoms with van der Waals surface area (Å²) in [4.78, 5) is 0. The molecular weight excluding hydrogens is 1090 g/mol. The molecule has 11 aromatic rings. The van der Waals surface area contributed by atoms with Crippen LogP contribution in [0, 0.1) is 0 Å². The van der Waals surface area contributed by atoms with Crippen molar-refractivity contribution >= 4 is 0 Å². The molecule has 1 fully saturated rings. The van der Waals surface area contributed by atoms with E-state index >= 15 is 0 Å². The molecule has 8 nitrogen and oxygen atoms in total. The Hall–Kier alpha value is -8.90. The molecule has 0 saturated carbocycles. The highest BCUT2D eigenvalue weighted by Gasteiger charge is 2.58. The van der Waals surface area contributed by atoms with Crippen molar-refractivity contribution in [1.29, 1.82) is 0 Å². The summed E-state index contributed by atoms with van der Waals surface area (Å²) in [5, 5.41) is 14.8. The Bertz CT molecular complexity index is 3640. The molecule has 1 saturated heterocycles. The smallest absolute Gasteiger partial charge is 0.223 e. The van der Waals surface area contributed by atoms with E-state index in [1.165, 1.54) is 0 Å².